The number of hydrogen-bond acceptors (Lipinski definition) is 13. The third-order valence-electron chi connectivity index (χ3n) is 9.99. The van der Waals surface area contributed by atoms with Crippen LogP contribution < -0.4 is 8.61 Å². The Morgan fingerprint density at radius 1 is 0.641 bits per heavy atom. The Labute approximate surface area is 368 Å². The molecule has 0 aliphatic carbocycles. The molecule has 0 radical (unpaired) electrons. The first-order chi connectivity index (χ1) is 30.8. The van der Waals surface area contributed by atoms with Gasteiger partial charge in [-0.15, -0.1) is 20.4 Å². The summed E-state index contributed by atoms with van der Waals surface area (Å²) in [6.07, 6.45) is -5.68. The van der Waals surface area contributed by atoms with Crippen molar-refractivity contribution in [2.45, 2.75) is 25.9 Å². The van der Waals surface area contributed by atoms with Crippen LogP contribution in [0.2, 0.25) is 0 Å². The van der Waals surface area contributed by atoms with E-state index in [1.165, 1.54) is 8.61 Å². The van der Waals surface area contributed by atoms with E-state index in [4.69, 9.17) is 13.6 Å². The average Bonchev–Trinajstić information content (AvgIpc) is 4.03. The second kappa shape index (κ2) is 22.1. The van der Waals surface area contributed by atoms with Crippen LogP contribution in [-0.2, 0) is 37.9 Å². The first-order valence-corrected chi connectivity index (χ1v) is 23.0. The van der Waals surface area contributed by atoms with Crippen molar-refractivity contribution >= 4 is 31.4 Å². The minimum absolute atomic E-state index is 0.00353. The van der Waals surface area contributed by atoms with Crippen molar-refractivity contribution in [1.82, 2.24) is 30.2 Å². The molecular weight excluding hydrogens is 881 g/mol. The molecule has 0 amide bonds. The molecule has 15 nitrogen and oxygen atoms in total. The van der Waals surface area contributed by atoms with Crippen LogP contribution in [0.5, 0.6) is 0 Å². The van der Waals surface area contributed by atoms with Gasteiger partial charge < -0.3 is 13.6 Å². The van der Waals surface area contributed by atoms with Gasteiger partial charge in [-0.2, -0.15) is 17.6 Å². The Hall–Kier alpha value is -6.00. The fraction of sp³-hybridized carbons (Fsp3) is 0.302. The number of aromatic nitrogens is 4. The fourth-order valence-electron chi connectivity index (χ4n) is 6.48. The highest BCUT2D eigenvalue weighted by atomic mass is 32.2. The third kappa shape index (κ3) is 12.8. The molecule has 2 aromatic heterocycles. The van der Waals surface area contributed by atoms with Gasteiger partial charge >= 0.3 is 12.9 Å². The molecule has 6 aromatic rings. The van der Waals surface area contributed by atoms with Crippen molar-refractivity contribution < 1.29 is 48.0 Å². The van der Waals surface area contributed by atoms with Gasteiger partial charge in [0, 0.05) is 62.9 Å². The van der Waals surface area contributed by atoms with Gasteiger partial charge in [0.25, 0.3) is 21.8 Å². The SMILES string of the molecule is C=CS(=O)(=O)N(Cc1ccc(-c2nnc(C(F)F)o2)cc1)c1ccccc1.COCCN1CCN(CCS(=O)(=O)N(Cc2ccc(-c3nnc(C(F)F)o3)cc2)c2ccccc2)CC1. The van der Waals surface area contributed by atoms with Gasteiger partial charge in [0.1, 0.15) is 0 Å². The molecule has 3 heterocycles. The molecule has 1 saturated heterocycles. The van der Waals surface area contributed by atoms with Gasteiger partial charge in [-0.3, -0.25) is 18.4 Å². The average molecular weight is 927 g/mol. The number of sulfonamides is 2. The first-order valence-electron chi connectivity index (χ1n) is 19.9. The van der Waals surface area contributed by atoms with Crippen LogP contribution >= 0.6 is 0 Å². The molecule has 21 heteroatoms. The monoisotopic (exact) mass is 926 g/mol. The highest BCUT2D eigenvalue weighted by Crippen LogP contribution is 2.28. The summed E-state index contributed by atoms with van der Waals surface area (Å²) in [5.41, 5.74) is 3.42. The van der Waals surface area contributed by atoms with E-state index in [1.807, 2.05) is 6.07 Å². The molecule has 0 N–H and O–H groups in total. The summed E-state index contributed by atoms with van der Waals surface area (Å²) in [4.78, 5) is 4.49. The molecule has 0 saturated carbocycles. The van der Waals surface area contributed by atoms with Crippen molar-refractivity contribution in [2.24, 2.45) is 0 Å². The van der Waals surface area contributed by atoms with Crippen LogP contribution in [0.3, 0.4) is 0 Å². The smallest absolute Gasteiger partial charge is 0.314 e. The minimum Gasteiger partial charge on any atom is -0.415 e. The minimum atomic E-state index is -3.71. The summed E-state index contributed by atoms with van der Waals surface area (Å²) >= 11 is 0. The molecular formula is C43H46F4N8O7S2. The molecule has 340 valence electrons. The molecule has 4 aromatic carbocycles. The van der Waals surface area contributed by atoms with Gasteiger partial charge in [-0.25, -0.2) is 16.8 Å². The highest BCUT2D eigenvalue weighted by molar-refractivity contribution is 7.95. The number of methoxy groups -OCH3 is 1. The largest absolute Gasteiger partial charge is 0.415 e. The number of anilines is 2. The molecule has 0 bridgehead atoms. The predicted molar refractivity (Wildman–Crippen MR) is 232 cm³/mol. The van der Waals surface area contributed by atoms with Gasteiger partial charge in [0.2, 0.25) is 21.8 Å². The van der Waals surface area contributed by atoms with Crippen LogP contribution in [0.25, 0.3) is 22.9 Å². The fourth-order valence-corrected chi connectivity index (χ4v) is 8.91. The molecule has 1 aliphatic rings. The Morgan fingerprint density at radius 3 is 1.47 bits per heavy atom. The predicted octanol–water partition coefficient (Wildman–Crippen LogP) is 7.43. The summed E-state index contributed by atoms with van der Waals surface area (Å²) in [6.45, 7) is 8.99. The number of para-hydroxylation sites is 2. The second-order valence-corrected chi connectivity index (χ2v) is 18.1. The molecule has 0 spiro atoms. The maximum atomic E-state index is 13.5. The molecule has 1 fully saturated rings. The van der Waals surface area contributed by atoms with Crippen molar-refractivity contribution in [2.75, 3.05) is 67.3 Å². The summed E-state index contributed by atoms with van der Waals surface area (Å²) in [6, 6.07) is 30.9. The molecule has 64 heavy (non-hydrogen) atoms. The zero-order chi connectivity index (χ0) is 45.7. The molecule has 7 rings (SSSR count). The van der Waals surface area contributed by atoms with Crippen LogP contribution in [0.1, 0.15) is 35.8 Å². The maximum Gasteiger partial charge on any atom is 0.314 e. The highest BCUT2D eigenvalue weighted by Gasteiger charge is 2.26. The Morgan fingerprint density at radius 2 is 1.06 bits per heavy atom. The van der Waals surface area contributed by atoms with E-state index in [9.17, 15) is 34.4 Å². The first kappa shape index (κ1) is 47.5. The van der Waals surface area contributed by atoms with Crippen molar-refractivity contribution in [1.29, 1.82) is 0 Å². The van der Waals surface area contributed by atoms with Crippen LogP contribution in [0.15, 0.2) is 130 Å². The Bertz CT molecular complexity index is 2600. The van der Waals surface area contributed by atoms with E-state index in [-0.39, 0.29) is 30.6 Å². The zero-order valence-corrected chi connectivity index (χ0v) is 36.3. The quantitative estimate of drug-likeness (QED) is 0.0737. The van der Waals surface area contributed by atoms with Gasteiger partial charge in [-0.1, -0.05) is 67.2 Å². The van der Waals surface area contributed by atoms with Crippen molar-refractivity contribution in [3.05, 3.63) is 144 Å². The third-order valence-corrected chi connectivity index (χ3v) is 13.1. The maximum absolute atomic E-state index is 13.5. The van der Waals surface area contributed by atoms with Crippen LogP contribution in [-0.4, -0.2) is 106 Å². The topological polar surface area (TPSA) is 168 Å². The second-order valence-electron chi connectivity index (χ2n) is 14.3. The Kier molecular flexibility index (Phi) is 16.4. The van der Waals surface area contributed by atoms with Gasteiger partial charge in [0.05, 0.1) is 36.8 Å². The summed E-state index contributed by atoms with van der Waals surface area (Å²) in [5.74, 6) is -1.54. The van der Waals surface area contributed by atoms with E-state index in [0.29, 0.717) is 41.2 Å². The van der Waals surface area contributed by atoms with E-state index in [1.54, 1.807) is 110 Å². The van der Waals surface area contributed by atoms with Gasteiger partial charge in [0.15, 0.2) is 0 Å². The number of ether oxygens (including phenoxy) is 1. The lowest BCUT2D eigenvalue weighted by atomic mass is 10.1. The lowest BCUT2D eigenvalue weighted by Gasteiger charge is -2.35. The summed E-state index contributed by atoms with van der Waals surface area (Å²) in [5, 5.41) is 14.8. The summed E-state index contributed by atoms with van der Waals surface area (Å²) in [7, 11) is -5.65. The van der Waals surface area contributed by atoms with Crippen molar-refractivity contribution in [3.63, 3.8) is 0 Å². The van der Waals surface area contributed by atoms with Crippen LogP contribution in [0, 0.1) is 0 Å². The van der Waals surface area contributed by atoms with Gasteiger partial charge in [-0.05, 0) is 59.7 Å². The molecule has 1 aliphatic heterocycles. The number of halogens is 4. The standard InChI is InChI=1S/C25H31F2N5O4S.C18H15F2N3O3S/c1-35-17-15-30-11-13-31(14-12-30)16-18-37(33,34)32(22-5-3-2-4-6-22)19-20-7-9-21(10-8-20)24-28-29-25(36-24)23(26)27;1-2-27(24,25)23(15-6-4-3-5-7-15)12-13-8-10-14(11-9-13)17-21-22-18(26-17)16(19)20/h2-10,23H,11-19H2,1H3;2-11,16H,1,12H2. The number of piperazine rings is 1. The lowest BCUT2D eigenvalue weighted by Crippen LogP contribution is -2.49. The number of alkyl halides is 4. The van der Waals surface area contributed by atoms with Crippen LogP contribution in [0.4, 0.5) is 28.9 Å². The molecule has 0 atom stereocenters. The van der Waals surface area contributed by atoms with E-state index >= 15 is 0 Å². The normalized spacial score (nSPS) is 13.7. The lowest BCUT2D eigenvalue weighted by molar-refractivity contribution is 0.0998. The zero-order valence-electron chi connectivity index (χ0n) is 34.7. The van der Waals surface area contributed by atoms with E-state index in [0.717, 1.165) is 43.7 Å². The number of hydrogen-bond donors (Lipinski definition) is 0. The van der Waals surface area contributed by atoms with Crippen molar-refractivity contribution in [3.8, 4) is 22.9 Å². The van der Waals surface area contributed by atoms with E-state index in [2.05, 4.69) is 36.8 Å². The number of rotatable bonds is 19. The van der Waals surface area contributed by atoms with E-state index < -0.39 is 44.7 Å². The number of nitrogens with zero attached hydrogens (tertiary/aromatic N) is 8. The molecule has 0 unspecified atom stereocenters. The number of benzene rings is 4. The summed E-state index contributed by atoms with van der Waals surface area (Å²) < 4.78 is 120. The Balaban J connectivity index is 0.000000223.